The van der Waals surface area contributed by atoms with Crippen LogP contribution in [-0.2, 0) is 0 Å². The number of pyridine rings is 2. The van der Waals surface area contributed by atoms with Crippen LogP contribution in [0.4, 0.5) is 0 Å². The Labute approximate surface area is 178 Å². The SMILES string of the molecule is N#Cc1c(-c2ccc(Oc3ccccc3)cc2)nc(Cl)c(-c2ccccn2)c1Cl. The molecule has 2 aromatic heterocycles. The van der Waals surface area contributed by atoms with Crippen LogP contribution in [0, 0.1) is 11.3 Å². The molecule has 4 aromatic rings. The lowest BCUT2D eigenvalue weighted by molar-refractivity contribution is 0.483. The molecule has 140 valence electrons. The summed E-state index contributed by atoms with van der Waals surface area (Å²) in [5, 5.41) is 10.1. The molecule has 0 aliphatic carbocycles. The van der Waals surface area contributed by atoms with Crippen LogP contribution in [0.2, 0.25) is 10.2 Å². The topological polar surface area (TPSA) is 58.8 Å². The number of halogens is 2. The fourth-order valence-electron chi connectivity index (χ4n) is 2.87. The van der Waals surface area contributed by atoms with Gasteiger partial charge in [0, 0.05) is 11.8 Å². The van der Waals surface area contributed by atoms with Crippen molar-refractivity contribution in [2.24, 2.45) is 0 Å². The third kappa shape index (κ3) is 3.93. The number of nitrogens with zero attached hydrogens (tertiary/aromatic N) is 3. The maximum absolute atomic E-state index is 9.71. The fourth-order valence-corrected chi connectivity index (χ4v) is 3.52. The monoisotopic (exact) mass is 417 g/mol. The van der Waals surface area contributed by atoms with Gasteiger partial charge in [-0.1, -0.05) is 47.5 Å². The van der Waals surface area contributed by atoms with Gasteiger partial charge in [-0.3, -0.25) is 4.98 Å². The molecule has 0 N–H and O–H groups in total. The van der Waals surface area contributed by atoms with Crippen LogP contribution in [0.25, 0.3) is 22.5 Å². The van der Waals surface area contributed by atoms with Crippen molar-refractivity contribution in [2.45, 2.75) is 0 Å². The summed E-state index contributed by atoms with van der Waals surface area (Å²) in [4.78, 5) is 8.71. The Bertz CT molecular complexity index is 1190. The van der Waals surface area contributed by atoms with E-state index in [1.54, 1.807) is 30.5 Å². The third-order valence-electron chi connectivity index (χ3n) is 4.23. The van der Waals surface area contributed by atoms with Crippen LogP contribution in [0.1, 0.15) is 5.56 Å². The zero-order valence-corrected chi connectivity index (χ0v) is 16.5. The Hall–Kier alpha value is -3.39. The first-order chi connectivity index (χ1) is 14.2. The third-order valence-corrected chi connectivity index (χ3v) is 4.88. The van der Waals surface area contributed by atoms with Crippen molar-refractivity contribution in [3.8, 4) is 40.1 Å². The van der Waals surface area contributed by atoms with Gasteiger partial charge in [0.2, 0.25) is 0 Å². The Kier molecular flexibility index (Phi) is 5.44. The summed E-state index contributed by atoms with van der Waals surface area (Å²) >= 11 is 12.9. The van der Waals surface area contributed by atoms with Crippen molar-refractivity contribution in [3.05, 3.63) is 94.7 Å². The largest absolute Gasteiger partial charge is 0.457 e. The molecule has 0 atom stereocenters. The Morgan fingerprint density at radius 1 is 0.828 bits per heavy atom. The smallest absolute Gasteiger partial charge is 0.140 e. The molecule has 0 amide bonds. The molecule has 0 saturated heterocycles. The summed E-state index contributed by atoms with van der Waals surface area (Å²) in [5.41, 5.74) is 2.36. The normalized spacial score (nSPS) is 10.4. The molecular weight excluding hydrogens is 405 g/mol. The molecule has 29 heavy (non-hydrogen) atoms. The van der Waals surface area contributed by atoms with E-state index in [0.29, 0.717) is 28.3 Å². The highest BCUT2D eigenvalue weighted by Gasteiger charge is 2.20. The molecule has 0 radical (unpaired) electrons. The molecule has 0 spiro atoms. The number of hydrogen-bond donors (Lipinski definition) is 0. The number of hydrogen-bond acceptors (Lipinski definition) is 4. The van der Waals surface area contributed by atoms with Gasteiger partial charge in [0.1, 0.15) is 22.7 Å². The van der Waals surface area contributed by atoms with Gasteiger partial charge in [-0.2, -0.15) is 5.26 Å². The number of ether oxygens (including phenoxy) is 1. The summed E-state index contributed by atoms with van der Waals surface area (Å²) in [6.45, 7) is 0. The van der Waals surface area contributed by atoms with E-state index in [-0.39, 0.29) is 15.7 Å². The molecular formula is C23H13Cl2N3O. The van der Waals surface area contributed by atoms with E-state index in [0.717, 1.165) is 5.75 Å². The van der Waals surface area contributed by atoms with Crippen molar-refractivity contribution < 1.29 is 4.74 Å². The van der Waals surface area contributed by atoms with E-state index in [9.17, 15) is 5.26 Å². The second kappa shape index (κ2) is 8.32. The van der Waals surface area contributed by atoms with Crippen molar-refractivity contribution in [1.29, 1.82) is 5.26 Å². The maximum Gasteiger partial charge on any atom is 0.140 e. The number of nitriles is 1. The first kappa shape index (κ1) is 18.9. The predicted octanol–water partition coefficient (Wildman–Crippen LogP) is 6.78. The van der Waals surface area contributed by atoms with Gasteiger partial charge >= 0.3 is 0 Å². The lowest BCUT2D eigenvalue weighted by atomic mass is 10.0. The van der Waals surface area contributed by atoms with E-state index in [4.69, 9.17) is 27.9 Å². The lowest BCUT2D eigenvalue weighted by Crippen LogP contribution is -1.97. The molecule has 0 saturated carbocycles. The van der Waals surface area contributed by atoms with E-state index in [2.05, 4.69) is 16.0 Å². The number of aromatic nitrogens is 2. The van der Waals surface area contributed by atoms with E-state index in [1.165, 1.54) is 0 Å². The first-order valence-corrected chi connectivity index (χ1v) is 9.47. The molecule has 4 nitrogen and oxygen atoms in total. The quantitative estimate of drug-likeness (QED) is 0.343. The van der Waals surface area contributed by atoms with Crippen LogP contribution in [0.5, 0.6) is 11.5 Å². The average molecular weight is 418 g/mol. The van der Waals surface area contributed by atoms with Gasteiger partial charge < -0.3 is 4.74 Å². The van der Waals surface area contributed by atoms with Crippen LogP contribution in [-0.4, -0.2) is 9.97 Å². The Balaban J connectivity index is 1.73. The van der Waals surface area contributed by atoms with Crippen molar-refractivity contribution >= 4 is 23.2 Å². The molecule has 0 bridgehead atoms. The molecule has 0 unspecified atom stereocenters. The minimum atomic E-state index is 0.187. The Morgan fingerprint density at radius 3 is 2.17 bits per heavy atom. The Morgan fingerprint density at radius 2 is 1.52 bits per heavy atom. The van der Waals surface area contributed by atoms with Gasteiger partial charge in [0.05, 0.1) is 27.5 Å². The first-order valence-electron chi connectivity index (χ1n) is 8.71. The molecule has 2 aromatic carbocycles. The van der Waals surface area contributed by atoms with Gasteiger partial charge in [0.15, 0.2) is 0 Å². The summed E-state index contributed by atoms with van der Waals surface area (Å²) in [6.07, 6.45) is 1.63. The van der Waals surface area contributed by atoms with Gasteiger partial charge in [-0.05, 0) is 48.5 Å². The molecule has 6 heteroatoms. The van der Waals surface area contributed by atoms with Crippen LogP contribution in [0.15, 0.2) is 79.0 Å². The van der Waals surface area contributed by atoms with Gasteiger partial charge in [0.25, 0.3) is 0 Å². The zero-order valence-electron chi connectivity index (χ0n) is 15.0. The highest BCUT2D eigenvalue weighted by atomic mass is 35.5. The summed E-state index contributed by atoms with van der Waals surface area (Å²) in [6, 6.07) is 24.2. The highest BCUT2D eigenvalue weighted by Crippen LogP contribution is 2.39. The van der Waals surface area contributed by atoms with Crippen molar-refractivity contribution in [1.82, 2.24) is 9.97 Å². The minimum absolute atomic E-state index is 0.187. The second-order valence-corrected chi connectivity index (χ2v) is 6.82. The number of benzene rings is 2. The van der Waals surface area contributed by atoms with Crippen LogP contribution < -0.4 is 4.74 Å². The second-order valence-electron chi connectivity index (χ2n) is 6.08. The molecule has 0 fully saturated rings. The number of rotatable bonds is 4. The molecule has 0 aliphatic heterocycles. The summed E-state index contributed by atoms with van der Waals surface area (Å²) in [7, 11) is 0. The minimum Gasteiger partial charge on any atom is -0.457 e. The van der Waals surface area contributed by atoms with E-state index < -0.39 is 0 Å². The van der Waals surface area contributed by atoms with E-state index in [1.807, 2.05) is 48.5 Å². The highest BCUT2D eigenvalue weighted by molar-refractivity contribution is 6.39. The molecule has 0 aliphatic rings. The lowest BCUT2D eigenvalue weighted by Gasteiger charge is -2.12. The molecule has 4 rings (SSSR count). The standard InChI is InChI=1S/C23H13Cl2N3O/c24-21-18(14-26)22(28-23(25)20(21)19-8-4-5-13-27-19)15-9-11-17(12-10-15)29-16-6-2-1-3-7-16/h1-13H. The van der Waals surface area contributed by atoms with Gasteiger partial charge in [-0.25, -0.2) is 4.98 Å². The fraction of sp³-hybridized carbons (Fsp3) is 0. The summed E-state index contributed by atoms with van der Waals surface area (Å²) < 4.78 is 5.80. The zero-order chi connectivity index (χ0) is 20.2. The predicted molar refractivity (Wildman–Crippen MR) is 114 cm³/mol. The van der Waals surface area contributed by atoms with Crippen molar-refractivity contribution in [3.63, 3.8) is 0 Å². The van der Waals surface area contributed by atoms with Gasteiger partial charge in [-0.15, -0.1) is 0 Å². The molecule has 2 heterocycles. The van der Waals surface area contributed by atoms with Crippen molar-refractivity contribution in [2.75, 3.05) is 0 Å². The summed E-state index contributed by atoms with van der Waals surface area (Å²) in [5.74, 6) is 1.41. The number of para-hydroxylation sites is 1. The van der Waals surface area contributed by atoms with Crippen LogP contribution >= 0.6 is 23.2 Å². The van der Waals surface area contributed by atoms with E-state index >= 15 is 0 Å². The maximum atomic E-state index is 9.71. The van der Waals surface area contributed by atoms with Crippen LogP contribution in [0.3, 0.4) is 0 Å². The average Bonchev–Trinajstić information content (AvgIpc) is 2.75.